The first kappa shape index (κ1) is 19.3. The predicted octanol–water partition coefficient (Wildman–Crippen LogP) is 3.99. The third kappa shape index (κ3) is 3.79. The summed E-state index contributed by atoms with van der Waals surface area (Å²) in [6.07, 6.45) is -0.197. The van der Waals surface area contributed by atoms with Crippen LogP contribution in [0.1, 0.15) is 54.5 Å². The minimum absolute atomic E-state index is 0.275. The number of hydrogen-bond acceptors (Lipinski definition) is 5. The molecule has 7 nitrogen and oxygen atoms in total. The number of halogens is 1. The molecule has 4 rings (SSSR count). The minimum atomic E-state index is -1.24. The summed E-state index contributed by atoms with van der Waals surface area (Å²) in [5.74, 6) is 0.418. The maximum atomic E-state index is 13.9. The number of esters is 1. The number of fused-ring (bicyclic) bond motifs is 1. The Kier molecular flexibility index (Phi) is 4.72. The number of amides is 1. The molecule has 1 fully saturated rings. The summed E-state index contributed by atoms with van der Waals surface area (Å²) in [7, 11) is 0. The number of hydrogen-bond donors (Lipinski definition) is 1. The van der Waals surface area contributed by atoms with Gasteiger partial charge in [-0.25, -0.2) is 9.18 Å². The molecule has 154 valence electrons. The van der Waals surface area contributed by atoms with Gasteiger partial charge in [-0.1, -0.05) is 0 Å². The van der Waals surface area contributed by atoms with Gasteiger partial charge < -0.3 is 19.4 Å². The molecule has 0 aliphatic carbocycles. The van der Waals surface area contributed by atoms with E-state index in [1.165, 1.54) is 4.90 Å². The molecule has 3 heterocycles. The van der Waals surface area contributed by atoms with Crippen LogP contribution in [-0.2, 0) is 4.74 Å². The zero-order chi connectivity index (χ0) is 20.8. The van der Waals surface area contributed by atoms with Crippen LogP contribution >= 0.6 is 0 Å². The van der Waals surface area contributed by atoms with Crippen LogP contribution in [0.3, 0.4) is 0 Å². The second-order valence-corrected chi connectivity index (χ2v) is 8.22. The highest BCUT2D eigenvalue weighted by atomic mass is 19.1. The van der Waals surface area contributed by atoms with Gasteiger partial charge in [-0.2, -0.15) is 0 Å². The van der Waals surface area contributed by atoms with Gasteiger partial charge in [0, 0.05) is 18.3 Å². The van der Waals surface area contributed by atoms with E-state index in [9.17, 15) is 14.0 Å². The van der Waals surface area contributed by atoms with E-state index in [0.29, 0.717) is 42.2 Å². The number of likely N-dealkylation sites (tertiary alicyclic amines) is 1. The number of alkyl halides is 1. The van der Waals surface area contributed by atoms with Gasteiger partial charge in [0.1, 0.15) is 11.3 Å². The van der Waals surface area contributed by atoms with Gasteiger partial charge in [0.2, 0.25) is 0 Å². The van der Waals surface area contributed by atoms with Gasteiger partial charge in [-0.05, 0) is 57.9 Å². The first-order valence-corrected chi connectivity index (χ1v) is 9.65. The fourth-order valence-electron chi connectivity index (χ4n) is 3.48. The molecule has 0 bridgehead atoms. The summed E-state index contributed by atoms with van der Waals surface area (Å²) in [5, 5.41) is 0. The topological polar surface area (TPSA) is 74.9 Å². The number of aromatic nitrogens is 1. The number of H-pyrrole nitrogens is 1. The van der Waals surface area contributed by atoms with Crippen molar-refractivity contribution in [2.45, 2.75) is 45.5 Å². The van der Waals surface area contributed by atoms with Crippen LogP contribution in [0.25, 0.3) is 0 Å². The Morgan fingerprint density at radius 2 is 1.97 bits per heavy atom. The maximum Gasteiger partial charge on any atom is 0.338 e. The summed E-state index contributed by atoms with van der Waals surface area (Å²) in [6.45, 7) is 6.15. The van der Waals surface area contributed by atoms with E-state index in [1.54, 1.807) is 30.3 Å². The number of nitrogens with zero attached hydrogens (tertiary/aromatic N) is 2. The van der Waals surface area contributed by atoms with Gasteiger partial charge in [-0.3, -0.25) is 9.69 Å². The zero-order valence-electron chi connectivity index (χ0n) is 16.7. The van der Waals surface area contributed by atoms with Crippen LogP contribution in [-0.4, -0.2) is 46.9 Å². The lowest BCUT2D eigenvalue weighted by Crippen LogP contribution is -2.33. The average molecular weight is 401 g/mol. The number of aromatic amines is 1. The fraction of sp³-hybridized carbons (Fsp3) is 0.429. The molecular weight excluding hydrogens is 377 g/mol. The highest BCUT2D eigenvalue weighted by Crippen LogP contribution is 2.39. The monoisotopic (exact) mass is 401 g/mol. The Morgan fingerprint density at radius 3 is 2.59 bits per heavy atom. The Morgan fingerprint density at radius 1 is 1.24 bits per heavy atom. The van der Waals surface area contributed by atoms with Gasteiger partial charge in [0.25, 0.3) is 5.91 Å². The summed E-state index contributed by atoms with van der Waals surface area (Å²) in [5.41, 5.74) is 0.986. The summed E-state index contributed by atoms with van der Waals surface area (Å²) in [4.78, 5) is 30.9. The van der Waals surface area contributed by atoms with Crippen LogP contribution in [0.2, 0.25) is 0 Å². The molecule has 1 N–H and O–H groups in total. The van der Waals surface area contributed by atoms with Gasteiger partial charge >= 0.3 is 5.97 Å². The number of carbonyl (C=O) groups excluding carboxylic acids is 2. The van der Waals surface area contributed by atoms with Gasteiger partial charge in [-0.15, -0.1) is 0 Å². The van der Waals surface area contributed by atoms with Crippen molar-refractivity contribution in [3.63, 3.8) is 0 Å². The maximum absolute atomic E-state index is 13.9. The molecule has 2 aliphatic heterocycles. The van der Waals surface area contributed by atoms with Crippen molar-refractivity contribution in [1.82, 2.24) is 9.88 Å². The Balaban J connectivity index is 1.51. The van der Waals surface area contributed by atoms with E-state index in [2.05, 4.69) is 4.98 Å². The fourth-order valence-corrected chi connectivity index (χ4v) is 3.48. The van der Waals surface area contributed by atoms with Crippen LogP contribution in [0.5, 0.6) is 5.75 Å². The Hall–Kier alpha value is -3.03. The van der Waals surface area contributed by atoms with Crippen molar-refractivity contribution >= 4 is 23.4 Å². The van der Waals surface area contributed by atoms with E-state index in [-0.39, 0.29) is 18.6 Å². The number of benzene rings is 1. The minimum Gasteiger partial charge on any atom is -0.469 e. The molecular formula is C21H24FN3O4. The quantitative estimate of drug-likeness (QED) is 0.622. The van der Waals surface area contributed by atoms with Crippen molar-refractivity contribution < 1.29 is 23.5 Å². The molecule has 1 atom stereocenters. The van der Waals surface area contributed by atoms with Crippen LogP contribution in [0, 0.1) is 0 Å². The van der Waals surface area contributed by atoms with E-state index in [4.69, 9.17) is 9.47 Å². The average Bonchev–Trinajstić information content (AvgIpc) is 3.35. The number of carbonyl (C=O) groups is 2. The Labute approximate surface area is 168 Å². The highest BCUT2D eigenvalue weighted by Gasteiger charge is 2.33. The van der Waals surface area contributed by atoms with Crippen molar-refractivity contribution in [3.05, 3.63) is 41.6 Å². The molecule has 1 unspecified atom stereocenters. The second-order valence-electron chi connectivity index (χ2n) is 8.22. The van der Waals surface area contributed by atoms with E-state index >= 15 is 0 Å². The summed E-state index contributed by atoms with van der Waals surface area (Å²) in [6, 6.07) is 8.57. The molecule has 1 amide bonds. The first-order valence-electron chi connectivity index (χ1n) is 9.65. The lowest BCUT2D eigenvalue weighted by atomic mass is 10.1. The lowest BCUT2D eigenvalue weighted by molar-refractivity contribution is 0.00693. The standard InChI is InChI=1S/C21H24FN3O4/c1-21(2,3)29-20(27)13-6-8-14(9-7-13)25-12-28-16-11-15(23-18(16)25)19(26)24-10-4-5-17(24)22/h6-9,11,17,23H,4-5,10,12H2,1-3H3. The number of anilines is 2. The first-order chi connectivity index (χ1) is 13.7. The van der Waals surface area contributed by atoms with Gasteiger partial charge in [0.05, 0.1) is 5.56 Å². The molecule has 8 heteroatoms. The number of nitrogens with one attached hydrogen (secondary N) is 1. The van der Waals surface area contributed by atoms with Crippen molar-refractivity contribution in [2.75, 3.05) is 18.2 Å². The molecule has 1 aromatic carbocycles. The predicted molar refractivity (Wildman–Crippen MR) is 105 cm³/mol. The number of ether oxygens (including phenoxy) is 2. The van der Waals surface area contributed by atoms with Crippen molar-refractivity contribution in [2.24, 2.45) is 0 Å². The molecule has 2 aliphatic rings. The summed E-state index contributed by atoms with van der Waals surface area (Å²) >= 11 is 0. The molecule has 29 heavy (non-hydrogen) atoms. The zero-order valence-corrected chi connectivity index (χ0v) is 16.7. The lowest BCUT2D eigenvalue weighted by Gasteiger charge is -2.20. The molecule has 1 saturated heterocycles. The third-order valence-electron chi connectivity index (χ3n) is 4.87. The smallest absolute Gasteiger partial charge is 0.338 e. The molecule has 0 spiro atoms. The van der Waals surface area contributed by atoms with Crippen molar-refractivity contribution in [1.29, 1.82) is 0 Å². The van der Waals surface area contributed by atoms with Crippen LogP contribution in [0.4, 0.5) is 15.9 Å². The molecule has 0 saturated carbocycles. The molecule has 0 radical (unpaired) electrons. The second kappa shape index (κ2) is 7.09. The molecule has 1 aromatic heterocycles. The largest absolute Gasteiger partial charge is 0.469 e. The molecule has 2 aromatic rings. The van der Waals surface area contributed by atoms with E-state index in [0.717, 1.165) is 5.69 Å². The summed E-state index contributed by atoms with van der Waals surface area (Å²) < 4.78 is 24.9. The number of rotatable bonds is 3. The van der Waals surface area contributed by atoms with Crippen LogP contribution < -0.4 is 9.64 Å². The van der Waals surface area contributed by atoms with Crippen molar-refractivity contribution in [3.8, 4) is 5.75 Å². The highest BCUT2D eigenvalue weighted by molar-refractivity contribution is 5.95. The SMILES string of the molecule is CC(C)(C)OC(=O)c1ccc(N2COc3cc(C(=O)N4CCCC4F)[nH]c32)cc1. The van der Waals surface area contributed by atoms with Crippen LogP contribution in [0.15, 0.2) is 30.3 Å². The van der Waals surface area contributed by atoms with E-state index in [1.807, 2.05) is 25.7 Å². The Bertz CT molecular complexity index is 932. The van der Waals surface area contributed by atoms with E-state index < -0.39 is 11.9 Å². The normalized spacial score (nSPS) is 18.6. The third-order valence-corrected chi connectivity index (χ3v) is 4.87. The van der Waals surface area contributed by atoms with Gasteiger partial charge in [0.15, 0.2) is 24.6 Å².